The molecular formula is C30H26N2S4Sn. The molecule has 4 aromatic carbocycles. The maximum atomic E-state index is 4.97. The summed E-state index contributed by atoms with van der Waals surface area (Å²) in [4.78, 5) is 4.03. The Bertz CT molecular complexity index is 1230. The van der Waals surface area contributed by atoms with E-state index in [4.69, 9.17) is 49.7 Å². The molecule has 0 N–H and O–H groups in total. The van der Waals surface area contributed by atoms with Gasteiger partial charge in [-0.1, -0.05) is 45.0 Å². The molecule has 0 aromatic heterocycles. The van der Waals surface area contributed by atoms with Crippen LogP contribution in [0, 0.1) is 0 Å². The van der Waals surface area contributed by atoms with Gasteiger partial charge in [-0.3, -0.25) is 0 Å². The predicted octanol–water partition coefficient (Wildman–Crippen LogP) is 5.10. The summed E-state index contributed by atoms with van der Waals surface area (Å²) in [5.74, 6) is 0. The Morgan fingerprint density at radius 3 is 1.27 bits per heavy atom. The first-order valence-electron chi connectivity index (χ1n) is 12.0. The molecule has 0 atom stereocenters. The van der Waals surface area contributed by atoms with Crippen LogP contribution in [0.2, 0.25) is 0 Å². The van der Waals surface area contributed by atoms with Gasteiger partial charge < -0.3 is 59.5 Å². The Morgan fingerprint density at radius 1 is 0.541 bits per heavy atom. The molecule has 6 rings (SSSR count). The van der Waals surface area contributed by atoms with Gasteiger partial charge >= 0.3 is 89.0 Å². The van der Waals surface area contributed by atoms with Crippen molar-refractivity contribution in [2.24, 2.45) is 0 Å². The molecule has 2 nitrogen and oxygen atoms in total. The monoisotopic (exact) mass is 662 g/mol. The van der Waals surface area contributed by atoms with Gasteiger partial charge in [0.15, 0.2) is 0 Å². The number of thiocarbonyl (C=S) groups is 2. The molecule has 4 aromatic rings. The Balaban J connectivity index is 0.000000130. The van der Waals surface area contributed by atoms with Gasteiger partial charge in [0, 0.05) is 24.5 Å². The standard InChI is InChI=1S/2C9H9NS2.2C6H5.Sn/c2*11-9(12)10-6-5-7-3-1-2-4-8(7)10;2*1-2-4-6-5-3-1;/h2*1-4H,5-6H2,(H,11,12);2*1-5H;/q;;;;+2/p-2. The molecule has 0 fully saturated rings. The molecule has 37 heavy (non-hydrogen) atoms. The second-order valence-corrected chi connectivity index (χ2v) is 14.5. The predicted molar refractivity (Wildman–Crippen MR) is 173 cm³/mol. The van der Waals surface area contributed by atoms with Crippen LogP contribution in [0.4, 0.5) is 11.4 Å². The van der Waals surface area contributed by atoms with Gasteiger partial charge in [-0.15, -0.1) is 0 Å². The fraction of sp³-hybridized carbons (Fsp3) is 0.133. The Hall–Kier alpha value is -2.10. The van der Waals surface area contributed by atoms with E-state index in [1.165, 1.54) is 29.7 Å². The van der Waals surface area contributed by atoms with Crippen LogP contribution in [-0.2, 0) is 38.1 Å². The SMILES string of the molecule is S=C([S-])N1CCc2ccccc21.S=C([S-])N1CCc2ccccc21.c1cc[c]([Sn+2][c]2ccccc2)cc1. The first-order valence-corrected chi connectivity index (χ1v) is 16.5. The van der Waals surface area contributed by atoms with Crippen molar-refractivity contribution in [2.75, 3.05) is 22.9 Å². The summed E-state index contributed by atoms with van der Waals surface area (Å²) in [6, 6.07) is 38.1. The van der Waals surface area contributed by atoms with E-state index in [2.05, 4.69) is 97.1 Å². The molecule has 7 heteroatoms. The normalized spacial score (nSPS) is 12.6. The molecular weight excluding hydrogens is 635 g/mol. The third-order valence-electron chi connectivity index (χ3n) is 6.05. The number of anilines is 2. The molecule has 2 heterocycles. The first kappa shape index (κ1) is 27.9. The van der Waals surface area contributed by atoms with Crippen LogP contribution in [0.1, 0.15) is 11.1 Å². The molecule has 0 spiro atoms. The Kier molecular flexibility index (Phi) is 10.7. The van der Waals surface area contributed by atoms with Crippen LogP contribution in [0.5, 0.6) is 0 Å². The van der Waals surface area contributed by atoms with Gasteiger partial charge in [0.1, 0.15) is 0 Å². The van der Waals surface area contributed by atoms with E-state index in [1.807, 2.05) is 21.9 Å². The quantitative estimate of drug-likeness (QED) is 0.167. The van der Waals surface area contributed by atoms with E-state index in [0.29, 0.717) is 8.64 Å². The van der Waals surface area contributed by atoms with E-state index >= 15 is 0 Å². The Morgan fingerprint density at radius 2 is 0.892 bits per heavy atom. The van der Waals surface area contributed by atoms with E-state index < -0.39 is 21.1 Å². The van der Waals surface area contributed by atoms with E-state index in [1.54, 1.807) is 0 Å². The molecule has 184 valence electrons. The molecule has 2 aliphatic heterocycles. The van der Waals surface area contributed by atoms with Crippen LogP contribution in [-0.4, -0.2) is 42.9 Å². The molecule has 0 unspecified atom stereocenters. The van der Waals surface area contributed by atoms with Crippen molar-refractivity contribution in [3.05, 3.63) is 120 Å². The van der Waals surface area contributed by atoms with E-state index in [9.17, 15) is 0 Å². The molecule has 0 saturated heterocycles. The maximum absolute atomic E-state index is 4.97. The van der Waals surface area contributed by atoms with Crippen molar-refractivity contribution in [2.45, 2.75) is 12.8 Å². The Labute approximate surface area is 252 Å². The van der Waals surface area contributed by atoms with Crippen molar-refractivity contribution in [1.29, 1.82) is 0 Å². The molecule has 0 aliphatic carbocycles. The number of para-hydroxylation sites is 2. The molecule has 0 saturated carbocycles. The van der Waals surface area contributed by atoms with Gasteiger partial charge in [0.25, 0.3) is 0 Å². The summed E-state index contributed by atoms with van der Waals surface area (Å²) in [5, 5.41) is 0. The minimum absolute atomic E-state index is 0.517. The van der Waals surface area contributed by atoms with Gasteiger partial charge in [-0.2, -0.15) is 0 Å². The van der Waals surface area contributed by atoms with Crippen LogP contribution in [0.3, 0.4) is 0 Å². The fourth-order valence-electron chi connectivity index (χ4n) is 4.27. The van der Waals surface area contributed by atoms with Gasteiger partial charge in [-0.25, -0.2) is 0 Å². The van der Waals surface area contributed by atoms with Crippen LogP contribution in [0.25, 0.3) is 0 Å². The molecule has 0 bridgehead atoms. The van der Waals surface area contributed by atoms with Crippen molar-refractivity contribution in [3.8, 4) is 0 Å². The number of fused-ring (bicyclic) bond motifs is 2. The van der Waals surface area contributed by atoms with Gasteiger partial charge in [-0.05, 0) is 36.1 Å². The summed E-state index contributed by atoms with van der Waals surface area (Å²) in [6.45, 7) is 1.89. The second-order valence-electron chi connectivity index (χ2n) is 8.45. The third kappa shape index (κ3) is 7.94. The van der Waals surface area contributed by atoms with E-state index in [-0.39, 0.29) is 0 Å². The second kappa shape index (κ2) is 14.2. The summed E-state index contributed by atoms with van der Waals surface area (Å²) in [5.41, 5.74) is 5.09. The molecule has 0 radical (unpaired) electrons. The van der Waals surface area contributed by atoms with Crippen molar-refractivity contribution in [3.63, 3.8) is 0 Å². The zero-order chi connectivity index (χ0) is 26.0. The summed E-state index contributed by atoms with van der Waals surface area (Å²) < 4.78 is 4.19. The van der Waals surface area contributed by atoms with Crippen LogP contribution < -0.4 is 17.0 Å². The topological polar surface area (TPSA) is 6.48 Å². The average molecular weight is 662 g/mol. The van der Waals surface area contributed by atoms with Crippen LogP contribution in [0.15, 0.2) is 109 Å². The summed E-state index contributed by atoms with van der Waals surface area (Å²) in [7, 11) is 0. The zero-order valence-electron chi connectivity index (χ0n) is 20.2. The fourth-order valence-corrected chi connectivity index (χ4v) is 8.03. The average Bonchev–Trinajstić information content (AvgIpc) is 3.56. The number of nitrogens with zero attached hydrogens (tertiary/aromatic N) is 2. The third-order valence-corrected chi connectivity index (χ3v) is 10.5. The van der Waals surface area contributed by atoms with E-state index in [0.717, 1.165) is 25.9 Å². The summed E-state index contributed by atoms with van der Waals surface area (Å²) >= 11 is 19.4. The van der Waals surface area contributed by atoms with Gasteiger partial charge in [0.2, 0.25) is 0 Å². The van der Waals surface area contributed by atoms with Crippen molar-refractivity contribution < 1.29 is 0 Å². The first-order chi connectivity index (χ1) is 18.0. The summed E-state index contributed by atoms with van der Waals surface area (Å²) in [6.07, 6.45) is 2.12. The number of benzene rings is 4. The molecule has 2 aliphatic rings. The van der Waals surface area contributed by atoms with Crippen molar-refractivity contribution >= 4 is 98.0 Å². The van der Waals surface area contributed by atoms with Crippen LogP contribution >= 0.6 is 24.4 Å². The van der Waals surface area contributed by atoms with Gasteiger partial charge in [0.05, 0.1) is 0 Å². The zero-order valence-corrected chi connectivity index (χ0v) is 26.4. The number of hydrogen-bond acceptors (Lipinski definition) is 4. The minimum atomic E-state index is -0.517. The molecule has 0 amide bonds. The number of rotatable bonds is 2. The number of hydrogen-bond donors (Lipinski definition) is 0. The van der Waals surface area contributed by atoms with Crippen molar-refractivity contribution in [1.82, 2.24) is 0 Å².